The molecule has 0 bridgehead atoms. The summed E-state index contributed by atoms with van der Waals surface area (Å²) in [6, 6.07) is 111. The zero-order chi connectivity index (χ0) is 61.9. The first-order valence-corrected chi connectivity index (χ1v) is 31.8. The van der Waals surface area contributed by atoms with Crippen LogP contribution >= 0.6 is 0 Å². The molecule has 0 amide bonds. The molecule has 6 aromatic heterocycles. The molecule has 0 aliphatic carbocycles. The van der Waals surface area contributed by atoms with E-state index in [0.717, 1.165) is 165 Å². The topological polar surface area (TPSA) is 57.7 Å². The Labute approximate surface area is 537 Å². The Balaban J connectivity index is 0.950. The van der Waals surface area contributed by atoms with Gasteiger partial charge in [-0.1, -0.05) is 194 Å². The summed E-state index contributed by atoms with van der Waals surface area (Å²) in [5, 5.41) is 25.5. The molecule has 434 valence electrons. The van der Waals surface area contributed by atoms with Crippen LogP contribution in [-0.2, 0) is 0 Å². The number of para-hydroxylation sites is 10. The molecule has 0 aliphatic heterocycles. The zero-order valence-corrected chi connectivity index (χ0v) is 50.4. The third-order valence-corrected chi connectivity index (χ3v) is 19.8. The summed E-state index contributed by atoms with van der Waals surface area (Å²) >= 11 is 0. The highest BCUT2D eigenvalue weighted by Gasteiger charge is 2.30. The van der Waals surface area contributed by atoms with Crippen LogP contribution in [0.4, 0.5) is 5.69 Å². The third-order valence-electron chi connectivity index (χ3n) is 19.8. The van der Waals surface area contributed by atoms with Crippen molar-refractivity contribution in [3.05, 3.63) is 320 Å². The molecular formula is C86H50N8. The zero-order valence-electron chi connectivity index (χ0n) is 50.4. The van der Waals surface area contributed by atoms with Gasteiger partial charge in [0.25, 0.3) is 0 Å². The second-order valence-corrected chi connectivity index (χ2v) is 24.5. The number of hydrogen-bond acceptors (Lipinski definition) is 1. The second-order valence-electron chi connectivity index (χ2n) is 24.5. The van der Waals surface area contributed by atoms with E-state index in [2.05, 4.69) is 342 Å². The molecule has 20 aromatic rings. The lowest BCUT2D eigenvalue weighted by Crippen LogP contribution is -2.07. The highest BCUT2D eigenvalue weighted by atomic mass is 15.1. The van der Waals surface area contributed by atoms with Gasteiger partial charge in [-0.15, -0.1) is 0 Å². The summed E-state index contributed by atoms with van der Waals surface area (Å²) in [6.07, 6.45) is 0. The van der Waals surface area contributed by atoms with E-state index >= 15 is 0 Å². The van der Waals surface area contributed by atoms with Crippen LogP contribution in [-0.4, -0.2) is 27.4 Å². The SMILES string of the molecule is [C-]#[N+]c1cc(-n2c3ccccc3c3ccc4c(c5ccccc5n4-c4ccccc4)c32)c(-n2c3ccccc3c3ccccc32)cc1-c1cc(-n2c3ccccc3c3ccccc32)c(-n2c3ccccc3c3ccc4c(c5ccccc5n4-c4ccccc4)c32)cc1C#N. The fourth-order valence-electron chi connectivity index (χ4n) is 16.1. The average molecular weight is 1200 g/mol. The van der Waals surface area contributed by atoms with Crippen molar-refractivity contribution < 1.29 is 0 Å². The number of benzene rings is 14. The van der Waals surface area contributed by atoms with Crippen molar-refractivity contribution >= 4 is 137 Å². The van der Waals surface area contributed by atoms with Gasteiger partial charge in [0.05, 0.1) is 107 Å². The number of nitrogens with zero attached hydrogens (tertiary/aromatic N) is 8. The van der Waals surface area contributed by atoms with Crippen LogP contribution in [0.3, 0.4) is 0 Å². The fraction of sp³-hybridized carbons (Fsp3) is 0. The Morgan fingerprint density at radius 3 is 0.926 bits per heavy atom. The molecule has 14 aromatic carbocycles. The molecule has 0 spiro atoms. The largest absolute Gasteiger partial charge is 0.309 e. The summed E-state index contributed by atoms with van der Waals surface area (Å²) in [7, 11) is 0. The Morgan fingerprint density at radius 2 is 0.553 bits per heavy atom. The van der Waals surface area contributed by atoms with E-state index in [1.54, 1.807) is 0 Å². The molecule has 6 heterocycles. The molecular weight excluding hydrogens is 1150 g/mol. The molecule has 0 N–H and O–H groups in total. The molecule has 0 saturated carbocycles. The van der Waals surface area contributed by atoms with Crippen LogP contribution in [0.15, 0.2) is 303 Å². The van der Waals surface area contributed by atoms with Gasteiger partial charge in [0.15, 0.2) is 5.69 Å². The number of hydrogen-bond donors (Lipinski definition) is 0. The molecule has 0 atom stereocenters. The molecule has 94 heavy (non-hydrogen) atoms. The first kappa shape index (κ1) is 51.7. The van der Waals surface area contributed by atoms with Gasteiger partial charge >= 0.3 is 0 Å². The van der Waals surface area contributed by atoms with Crippen molar-refractivity contribution in [2.75, 3.05) is 0 Å². The van der Waals surface area contributed by atoms with E-state index in [9.17, 15) is 11.8 Å². The van der Waals surface area contributed by atoms with Crippen LogP contribution < -0.4 is 0 Å². The molecule has 8 heteroatoms. The maximum atomic E-state index is 12.2. The van der Waals surface area contributed by atoms with Crippen molar-refractivity contribution in [3.63, 3.8) is 0 Å². The second kappa shape index (κ2) is 19.7. The van der Waals surface area contributed by atoms with Crippen LogP contribution in [0.1, 0.15) is 5.56 Å². The smallest absolute Gasteiger partial charge is 0.197 e. The Kier molecular flexibility index (Phi) is 10.8. The summed E-state index contributed by atoms with van der Waals surface area (Å²) < 4.78 is 14.3. The van der Waals surface area contributed by atoms with Crippen LogP contribution in [0.2, 0.25) is 0 Å². The standard InChI is InChI=1S/C86H50N8/c1-88-68-51-82(94-74-41-21-13-33-61(74)63-45-47-78-84(86(63)94)65-35-15-23-43-76(65)90(78)55-26-6-3-7-27-55)81(92-71-38-18-10-30-58(71)59-31-11-19-39-72(59)92)50-67(68)66-49-80(91-69-36-16-8-28-56(69)57-29-9-17-37-70(57)91)79(48-53(66)52-87)93-73-40-20-12-32-60(73)62-44-46-77-83(85(62)93)64-34-14-22-42-75(64)89(77)54-24-4-2-5-25-54/h2-51H. The monoisotopic (exact) mass is 1190 g/mol. The van der Waals surface area contributed by atoms with E-state index in [1.807, 2.05) is 0 Å². The van der Waals surface area contributed by atoms with Crippen molar-refractivity contribution in [2.45, 2.75) is 0 Å². The summed E-state index contributed by atoms with van der Waals surface area (Å²) in [5.74, 6) is 0. The van der Waals surface area contributed by atoms with E-state index in [1.165, 1.54) is 0 Å². The van der Waals surface area contributed by atoms with Crippen LogP contribution in [0.25, 0.3) is 181 Å². The van der Waals surface area contributed by atoms with Crippen LogP contribution in [0.5, 0.6) is 0 Å². The Hall–Kier alpha value is -13.1. The van der Waals surface area contributed by atoms with Gasteiger partial charge in [-0.3, -0.25) is 0 Å². The van der Waals surface area contributed by atoms with E-state index in [-0.39, 0.29) is 0 Å². The Bertz CT molecular complexity index is 6230. The average Bonchev–Trinajstić information content (AvgIpc) is 1.58. The summed E-state index contributed by atoms with van der Waals surface area (Å²) in [4.78, 5) is 4.59. The molecule has 0 unspecified atom stereocenters. The van der Waals surface area contributed by atoms with Gasteiger partial charge < -0.3 is 27.4 Å². The van der Waals surface area contributed by atoms with Gasteiger partial charge in [-0.25, -0.2) is 4.85 Å². The van der Waals surface area contributed by atoms with E-state index in [0.29, 0.717) is 22.4 Å². The lowest BCUT2D eigenvalue weighted by Gasteiger charge is -2.22. The van der Waals surface area contributed by atoms with E-state index < -0.39 is 0 Å². The minimum Gasteiger partial charge on any atom is -0.309 e. The van der Waals surface area contributed by atoms with Crippen molar-refractivity contribution in [3.8, 4) is 51.3 Å². The predicted octanol–water partition coefficient (Wildman–Crippen LogP) is 22.4. The molecule has 0 fully saturated rings. The van der Waals surface area contributed by atoms with Gasteiger partial charge in [0.1, 0.15) is 0 Å². The summed E-state index contributed by atoms with van der Waals surface area (Å²) in [6.45, 7) is 9.52. The lowest BCUT2D eigenvalue weighted by atomic mass is 9.95. The molecule has 8 nitrogen and oxygen atoms in total. The highest BCUT2D eigenvalue weighted by Crippen LogP contribution is 2.50. The van der Waals surface area contributed by atoms with Crippen molar-refractivity contribution in [1.82, 2.24) is 27.4 Å². The minimum absolute atomic E-state index is 0.411. The number of aromatic nitrogens is 6. The molecule has 0 radical (unpaired) electrons. The quantitative estimate of drug-likeness (QED) is 0.147. The molecule has 20 rings (SSSR count). The highest BCUT2D eigenvalue weighted by molar-refractivity contribution is 6.28. The molecule has 0 saturated heterocycles. The first-order valence-electron chi connectivity index (χ1n) is 31.8. The predicted molar refractivity (Wildman–Crippen MR) is 389 cm³/mol. The maximum Gasteiger partial charge on any atom is 0.197 e. The molecule has 0 aliphatic rings. The number of rotatable bonds is 7. The van der Waals surface area contributed by atoms with Crippen LogP contribution in [0, 0.1) is 17.9 Å². The Morgan fingerprint density at radius 1 is 0.255 bits per heavy atom. The fourth-order valence-corrected chi connectivity index (χ4v) is 16.1. The first-order chi connectivity index (χ1) is 46.6. The lowest BCUT2D eigenvalue weighted by molar-refractivity contribution is 1.09. The van der Waals surface area contributed by atoms with E-state index in [4.69, 9.17) is 0 Å². The van der Waals surface area contributed by atoms with Crippen molar-refractivity contribution in [1.29, 1.82) is 5.26 Å². The minimum atomic E-state index is 0.411. The normalized spacial score (nSPS) is 12.0. The van der Waals surface area contributed by atoms with Gasteiger partial charge in [-0.05, 0) is 120 Å². The van der Waals surface area contributed by atoms with Gasteiger partial charge in [-0.2, -0.15) is 5.26 Å². The van der Waals surface area contributed by atoms with Crippen molar-refractivity contribution in [2.24, 2.45) is 0 Å². The number of fused-ring (bicyclic) bond motifs is 20. The third kappa shape index (κ3) is 7.03. The number of nitriles is 1. The maximum absolute atomic E-state index is 12.2. The summed E-state index contributed by atoms with van der Waals surface area (Å²) in [5.41, 5.74) is 20.2. The van der Waals surface area contributed by atoms with Gasteiger partial charge in [0.2, 0.25) is 0 Å². The van der Waals surface area contributed by atoms with Gasteiger partial charge in [0, 0.05) is 76.0 Å².